The van der Waals surface area contributed by atoms with E-state index in [4.69, 9.17) is 11.6 Å². The maximum absolute atomic E-state index is 12.2. The van der Waals surface area contributed by atoms with E-state index in [9.17, 15) is 9.59 Å². The minimum atomic E-state index is -0.164. The highest BCUT2D eigenvalue weighted by Gasteiger charge is 2.14. The van der Waals surface area contributed by atoms with E-state index >= 15 is 0 Å². The summed E-state index contributed by atoms with van der Waals surface area (Å²) in [5.41, 5.74) is 2.36. The number of benzene rings is 1. The number of halogens is 1. The first-order chi connectivity index (χ1) is 10.4. The molecule has 0 unspecified atom stereocenters. The van der Waals surface area contributed by atoms with E-state index in [2.05, 4.69) is 5.32 Å². The van der Waals surface area contributed by atoms with E-state index in [0.717, 1.165) is 26.6 Å². The molecular weight excluding hydrogens is 318 g/mol. The number of amides is 1. The van der Waals surface area contributed by atoms with Crippen LogP contribution >= 0.6 is 22.9 Å². The number of ketones is 1. The molecule has 22 heavy (non-hydrogen) atoms. The number of anilines is 1. The second-order valence-electron chi connectivity index (χ2n) is 5.26. The van der Waals surface area contributed by atoms with Gasteiger partial charge in [-0.25, -0.2) is 0 Å². The third-order valence-electron chi connectivity index (χ3n) is 3.38. The van der Waals surface area contributed by atoms with Crippen molar-refractivity contribution in [2.24, 2.45) is 0 Å². The first kappa shape index (κ1) is 16.7. The van der Waals surface area contributed by atoms with Crippen LogP contribution in [0.1, 0.15) is 38.5 Å². The fourth-order valence-electron chi connectivity index (χ4n) is 2.25. The van der Waals surface area contributed by atoms with Crippen LogP contribution in [0, 0.1) is 20.8 Å². The number of nitrogens with one attached hydrogen (secondary N) is 1. The summed E-state index contributed by atoms with van der Waals surface area (Å²) in [7, 11) is 0. The van der Waals surface area contributed by atoms with E-state index in [1.165, 1.54) is 0 Å². The van der Waals surface area contributed by atoms with Gasteiger partial charge < -0.3 is 5.32 Å². The van der Waals surface area contributed by atoms with Crippen LogP contribution in [0.25, 0.3) is 0 Å². The topological polar surface area (TPSA) is 46.2 Å². The van der Waals surface area contributed by atoms with Gasteiger partial charge in [-0.2, -0.15) is 0 Å². The van der Waals surface area contributed by atoms with E-state index in [-0.39, 0.29) is 24.5 Å². The van der Waals surface area contributed by atoms with E-state index in [1.54, 1.807) is 29.5 Å². The Kier molecular flexibility index (Phi) is 5.37. The van der Waals surface area contributed by atoms with Crippen molar-refractivity contribution < 1.29 is 9.59 Å². The normalized spacial score (nSPS) is 10.5. The van der Waals surface area contributed by atoms with Gasteiger partial charge in [-0.15, -0.1) is 11.3 Å². The Morgan fingerprint density at radius 1 is 1.14 bits per heavy atom. The van der Waals surface area contributed by atoms with E-state index < -0.39 is 0 Å². The third kappa shape index (κ3) is 4.18. The second-order valence-corrected chi connectivity index (χ2v) is 7.15. The first-order valence-electron chi connectivity index (χ1n) is 7.03. The van der Waals surface area contributed by atoms with Crippen molar-refractivity contribution in [3.8, 4) is 0 Å². The number of rotatable bonds is 5. The van der Waals surface area contributed by atoms with Crippen LogP contribution in [0.4, 0.5) is 5.69 Å². The fraction of sp³-hybridized carbons (Fsp3) is 0.294. The van der Waals surface area contributed by atoms with Crippen molar-refractivity contribution in [2.45, 2.75) is 33.6 Å². The Morgan fingerprint density at radius 2 is 1.86 bits per heavy atom. The lowest BCUT2D eigenvalue weighted by molar-refractivity contribution is -0.116. The minimum Gasteiger partial charge on any atom is -0.326 e. The summed E-state index contributed by atoms with van der Waals surface area (Å²) in [6.07, 6.45) is 0.394. The molecular formula is C17H18ClNO2S. The largest absolute Gasteiger partial charge is 0.326 e. The van der Waals surface area contributed by atoms with Crippen molar-refractivity contribution in [1.82, 2.24) is 0 Å². The van der Waals surface area contributed by atoms with Gasteiger partial charge in [-0.05, 0) is 50.6 Å². The number of hydrogen-bond donors (Lipinski definition) is 1. The van der Waals surface area contributed by atoms with Crippen LogP contribution in [0.3, 0.4) is 0 Å². The van der Waals surface area contributed by atoms with Crippen LogP contribution in [0.2, 0.25) is 5.02 Å². The molecule has 1 aromatic heterocycles. The van der Waals surface area contributed by atoms with Crippen molar-refractivity contribution in [2.75, 3.05) is 5.32 Å². The lowest BCUT2D eigenvalue weighted by atomic mass is 10.1. The van der Waals surface area contributed by atoms with Gasteiger partial charge in [-0.3, -0.25) is 9.59 Å². The highest BCUT2D eigenvalue weighted by molar-refractivity contribution is 7.12. The van der Waals surface area contributed by atoms with Crippen LogP contribution in [-0.4, -0.2) is 11.7 Å². The Hall–Kier alpha value is -1.65. The molecule has 1 N–H and O–H groups in total. The fourth-order valence-corrected chi connectivity index (χ4v) is 3.42. The molecule has 116 valence electrons. The van der Waals surface area contributed by atoms with Gasteiger partial charge in [0.05, 0.1) is 0 Å². The molecule has 0 saturated heterocycles. The molecule has 1 heterocycles. The number of carbonyl (C=O) groups is 2. The second kappa shape index (κ2) is 7.07. The van der Waals surface area contributed by atoms with Crippen molar-refractivity contribution >= 4 is 40.3 Å². The average Bonchev–Trinajstić information content (AvgIpc) is 2.78. The SMILES string of the molecule is Cc1cc(C(=O)CCC(=O)Nc2ccc(Cl)cc2C)c(C)s1. The van der Waals surface area contributed by atoms with Gasteiger partial charge in [0, 0.05) is 38.9 Å². The molecule has 0 spiro atoms. The molecule has 0 aliphatic carbocycles. The van der Waals surface area contributed by atoms with Gasteiger partial charge in [0.25, 0.3) is 0 Å². The van der Waals surface area contributed by atoms with Gasteiger partial charge in [-0.1, -0.05) is 11.6 Å². The maximum atomic E-state index is 12.2. The summed E-state index contributed by atoms with van der Waals surface area (Å²) >= 11 is 7.49. The number of thiophene rings is 1. The molecule has 5 heteroatoms. The van der Waals surface area contributed by atoms with Crippen molar-refractivity contribution in [3.05, 3.63) is 50.2 Å². The quantitative estimate of drug-likeness (QED) is 0.787. The predicted octanol–water partition coefficient (Wildman–Crippen LogP) is 4.93. The van der Waals surface area contributed by atoms with Crippen LogP contribution in [-0.2, 0) is 4.79 Å². The summed E-state index contributed by atoms with van der Waals surface area (Å²) in [5.74, 6) is -0.145. The summed E-state index contributed by atoms with van der Waals surface area (Å²) in [5, 5.41) is 3.45. The van der Waals surface area contributed by atoms with Gasteiger partial charge >= 0.3 is 0 Å². The lowest BCUT2D eigenvalue weighted by Gasteiger charge is -2.08. The Labute approximate surface area is 139 Å². The van der Waals surface area contributed by atoms with E-state index in [0.29, 0.717) is 5.02 Å². The van der Waals surface area contributed by atoms with Crippen LogP contribution < -0.4 is 5.32 Å². The standard InChI is InChI=1S/C17H18ClNO2S/c1-10-8-13(18)4-5-15(10)19-17(21)7-6-16(20)14-9-11(2)22-12(14)3/h4-5,8-9H,6-7H2,1-3H3,(H,19,21). The monoisotopic (exact) mass is 335 g/mol. The molecule has 0 saturated carbocycles. The Bertz CT molecular complexity index is 721. The third-order valence-corrected chi connectivity index (χ3v) is 4.58. The number of carbonyl (C=O) groups excluding carboxylic acids is 2. The molecule has 1 aromatic carbocycles. The van der Waals surface area contributed by atoms with Gasteiger partial charge in [0.2, 0.25) is 5.91 Å². The number of hydrogen-bond acceptors (Lipinski definition) is 3. The molecule has 0 atom stereocenters. The van der Waals surface area contributed by atoms with Crippen molar-refractivity contribution in [3.63, 3.8) is 0 Å². The van der Waals surface area contributed by atoms with Crippen LogP contribution in [0.5, 0.6) is 0 Å². The predicted molar refractivity (Wildman–Crippen MR) is 92.2 cm³/mol. The molecule has 0 aliphatic rings. The van der Waals surface area contributed by atoms with Gasteiger partial charge in [0.1, 0.15) is 0 Å². The first-order valence-corrected chi connectivity index (χ1v) is 8.22. The average molecular weight is 336 g/mol. The summed E-state index contributed by atoms with van der Waals surface area (Å²) < 4.78 is 0. The zero-order chi connectivity index (χ0) is 16.3. The summed E-state index contributed by atoms with van der Waals surface area (Å²) in [6, 6.07) is 7.18. The molecule has 0 bridgehead atoms. The van der Waals surface area contributed by atoms with Gasteiger partial charge in [0.15, 0.2) is 5.78 Å². The molecule has 2 aromatic rings. The minimum absolute atomic E-state index is 0.0184. The summed E-state index contributed by atoms with van der Waals surface area (Å²) in [4.78, 5) is 26.3. The number of Topliss-reactive ketones (excluding diaryl/α,β-unsaturated/α-hetero) is 1. The highest BCUT2D eigenvalue weighted by atomic mass is 35.5. The number of aryl methyl sites for hydroxylation is 3. The zero-order valence-electron chi connectivity index (χ0n) is 12.8. The van der Waals surface area contributed by atoms with E-state index in [1.807, 2.05) is 26.8 Å². The maximum Gasteiger partial charge on any atom is 0.224 e. The summed E-state index contributed by atoms with van der Waals surface area (Å²) in [6.45, 7) is 5.79. The molecule has 1 amide bonds. The molecule has 3 nitrogen and oxygen atoms in total. The molecule has 0 radical (unpaired) electrons. The molecule has 2 rings (SSSR count). The zero-order valence-corrected chi connectivity index (χ0v) is 14.4. The Balaban J connectivity index is 1.92. The molecule has 0 fully saturated rings. The molecule has 0 aliphatic heterocycles. The highest BCUT2D eigenvalue weighted by Crippen LogP contribution is 2.23. The Morgan fingerprint density at radius 3 is 2.45 bits per heavy atom. The van der Waals surface area contributed by atoms with Crippen LogP contribution in [0.15, 0.2) is 24.3 Å². The smallest absolute Gasteiger partial charge is 0.224 e. The lowest BCUT2D eigenvalue weighted by Crippen LogP contribution is -2.14. The van der Waals surface area contributed by atoms with Crippen molar-refractivity contribution in [1.29, 1.82) is 0 Å².